The fraction of sp³-hybridized carbons (Fsp3) is 0.238. The summed E-state index contributed by atoms with van der Waals surface area (Å²) in [6, 6.07) is 10.8. The number of amides is 1. The third-order valence-electron chi connectivity index (χ3n) is 4.84. The molecule has 0 saturated heterocycles. The van der Waals surface area contributed by atoms with E-state index in [-0.39, 0.29) is 24.6 Å². The minimum absolute atomic E-state index is 0.151. The van der Waals surface area contributed by atoms with E-state index in [0.29, 0.717) is 34.1 Å². The molecule has 9 nitrogen and oxygen atoms in total. The van der Waals surface area contributed by atoms with Crippen molar-refractivity contribution in [1.82, 2.24) is 24.8 Å². The molecule has 2 heterocycles. The fourth-order valence-electron chi connectivity index (χ4n) is 3.32. The van der Waals surface area contributed by atoms with Crippen molar-refractivity contribution in [3.8, 4) is 11.5 Å². The number of hydrogen-bond acceptors (Lipinski definition) is 6. The molecule has 1 amide bonds. The molecule has 0 bridgehead atoms. The SMILES string of the molecule is COc1cc2nc(C)n(CC(=O)NCc3nc4ccccc4[nH]3)c(=O)c2cc1OC. The van der Waals surface area contributed by atoms with Crippen LogP contribution < -0.4 is 20.3 Å². The van der Waals surface area contributed by atoms with E-state index >= 15 is 0 Å². The monoisotopic (exact) mass is 407 g/mol. The van der Waals surface area contributed by atoms with Gasteiger partial charge in [-0.05, 0) is 25.1 Å². The summed E-state index contributed by atoms with van der Waals surface area (Å²) in [7, 11) is 3.01. The highest BCUT2D eigenvalue weighted by Gasteiger charge is 2.15. The quantitative estimate of drug-likeness (QED) is 0.505. The number of imidazole rings is 1. The molecule has 0 unspecified atom stereocenters. The normalized spacial score (nSPS) is 11.0. The number of benzene rings is 2. The average molecular weight is 407 g/mol. The van der Waals surface area contributed by atoms with E-state index in [4.69, 9.17) is 9.47 Å². The number of fused-ring (bicyclic) bond motifs is 2. The van der Waals surface area contributed by atoms with Gasteiger partial charge in [-0.3, -0.25) is 14.2 Å². The van der Waals surface area contributed by atoms with Gasteiger partial charge in [0, 0.05) is 6.07 Å². The molecule has 154 valence electrons. The summed E-state index contributed by atoms with van der Waals surface area (Å²) in [4.78, 5) is 37.5. The number of para-hydroxylation sites is 2. The van der Waals surface area contributed by atoms with Crippen molar-refractivity contribution in [1.29, 1.82) is 0 Å². The molecule has 0 saturated carbocycles. The molecule has 0 aliphatic rings. The molecule has 0 spiro atoms. The Balaban J connectivity index is 1.56. The maximum absolute atomic E-state index is 13.0. The summed E-state index contributed by atoms with van der Waals surface area (Å²) in [6.45, 7) is 1.76. The smallest absolute Gasteiger partial charge is 0.262 e. The molecule has 2 aromatic carbocycles. The lowest BCUT2D eigenvalue weighted by molar-refractivity contribution is -0.121. The second-order valence-electron chi connectivity index (χ2n) is 6.75. The van der Waals surface area contributed by atoms with Crippen LogP contribution in [0.3, 0.4) is 0 Å². The second-order valence-corrected chi connectivity index (χ2v) is 6.75. The molecule has 0 fully saturated rings. The van der Waals surface area contributed by atoms with Crippen LogP contribution in [0.2, 0.25) is 0 Å². The summed E-state index contributed by atoms with van der Waals surface area (Å²) >= 11 is 0. The largest absolute Gasteiger partial charge is 0.493 e. The van der Waals surface area contributed by atoms with Crippen LogP contribution in [0, 0.1) is 6.92 Å². The van der Waals surface area contributed by atoms with Gasteiger partial charge in [0.25, 0.3) is 5.56 Å². The first-order chi connectivity index (χ1) is 14.5. The van der Waals surface area contributed by atoms with Gasteiger partial charge in [-0.15, -0.1) is 0 Å². The van der Waals surface area contributed by atoms with Gasteiger partial charge in [0.05, 0.1) is 42.7 Å². The zero-order chi connectivity index (χ0) is 21.3. The molecule has 2 aromatic heterocycles. The number of H-pyrrole nitrogens is 1. The van der Waals surface area contributed by atoms with Crippen LogP contribution in [0.15, 0.2) is 41.2 Å². The van der Waals surface area contributed by atoms with E-state index < -0.39 is 0 Å². The number of methoxy groups -OCH3 is 2. The number of aromatic amines is 1. The van der Waals surface area contributed by atoms with Crippen molar-refractivity contribution < 1.29 is 14.3 Å². The van der Waals surface area contributed by atoms with Gasteiger partial charge in [-0.1, -0.05) is 12.1 Å². The Labute approximate surface area is 171 Å². The van der Waals surface area contributed by atoms with Crippen LogP contribution in [-0.4, -0.2) is 39.6 Å². The van der Waals surface area contributed by atoms with Gasteiger partial charge in [0.15, 0.2) is 11.5 Å². The summed E-state index contributed by atoms with van der Waals surface area (Å²) in [5, 5.41) is 3.14. The van der Waals surface area contributed by atoms with Gasteiger partial charge in [-0.25, -0.2) is 9.97 Å². The Morgan fingerprint density at radius 3 is 2.57 bits per heavy atom. The molecular weight excluding hydrogens is 386 g/mol. The number of aryl methyl sites for hydroxylation is 1. The molecule has 2 N–H and O–H groups in total. The maximum atomic E-state index is 13.0. The van der Waals surface area contributed by atoms with Crippen molar-refractivity contribution in [2.45, 2.75) is 20.0 Å². The number of ether oxygens (including phenoxy) is 2. The van der Waals surface area contributed by atoms with Crippen LogP contribution >= 0.6 is 0 Å². The van der Waals surface area contributed by atoms with Gasteiger partial charge in [0.1, 0.15) is 18.2 Å². The number of nitrogens with one attached hydrogen (secondary N) is 2. The summed E-state index contributed by atoms with van der Waals surface area (Å²) in [6.07, 6.45) is 0. The molecule has 0 atom stereocenters. The number of aromatic nitrogens is 4. The molecule has 0 radical (unpaired) electrons. The first-order valence-electron chi connectivity index (χ1n) is 9.33. The van der Waals surface area contributed by atoms with Crippen LogP contribution in [-0.2, 0) is 17.9 Å². The van der Waals surface area contributed by atoms with Crippen molar-refractivity contribution in [2.75, 3.05) is 14.2 Å². The molecule has 9 heteroatoms. The third kappa shape index (κ3) is 3.57. The lowest BCUT2D eigenvalue weighted by Crippen LogP contribution is -2.34. The number of carbonyl (C=O) groups is 1. The number of carbonyl (C=O) groups excluding carboxylic acids is 1. The highest BCUT2D eigenvalue weighted by molar-refractivity contribution is 5.83. The first-order valence-corrected chi connectivity index (χ1v) is 9.33. The average Bonchev–Trinajstić information content (AvgIpc) is 3.17. The zero-order valence-corrected chi connectivity index (χ0v) is 16.9. The van der Waals surface area contributed by atoms with Gasteiger partial charge < -0.3 is 19.8 Å². The minimum atomic E-state index is -0.322. The molecule has 0 aliphatic heterocycles. The van der Waals surface area contributed by atoms with E-state index in [0.717, 1.165) is 11.0 Å². The minimum Gasteiger partial charge on any atom is -0.493 e. The predicted molar refractivity (Wildman–Crippen MR) is 112 cm³/mol. The second kappa shape index (κ2) is 7.86. The third-order valence-corrected chi connectivity index (χ3v) is 4.84. The lowest BCUT2D eigenvalue weighted by Gasteiger charge is -2.13. The lowest BCUT2D eigenvalue weighted by atomic mass is 10.2. The Morgan fingerprint density at radius 2 is 1.83 bits per heavy atom. The van der Waals surface area contributed by atoms with Crippen molar-refractivity contribution in [2.24, 2.45) is 0 Å². The predicted octanol–water partition coefficient (Wildman–Crippen LogP) is 1.91. The van der Waals surface area contributed by atoms with Crippen LogP contribution in [0.25, 0.3) is 21.9 Å². The van der Waals surface area contributed by atoms with Gasteiger partial charge >= 0.3 is 0 Å². The van der Waals surface area contributed by atoms with E-state index in [1.54, 1.807) is 19.1 Å². The summed E-state index contributed by atoms with van der Waals surface area (Å²) in [5.74, 6) is 1.66. The topological polar surface area (TPSA) is 111 Å². The highest BCUT2D eigenvalue weighted by Crippen LogP contribution is 2.30. The Hall–Kier alpha value is -3.88. The Bertz CT molecular complexity index is 1280. The summed E-state index contributed by atoms with van der Waals surface area (Å²) < 4.78 is 11.9. The van der Waals surface area contributed by atoms with Crippen LogP contribution in [0.4, 0.5) is 0 Å². The standard InChI is InChI=1S/C21H21N5O4/c1-12-23-16-9-18(30-3)17(29-2)8-13(16)21(28)26(12)11-20(27)22-10-19-24-14-6-4-5-7-15(14)25-19/h4-9H,10-11H2,1-3H3,(H,22,27)(H,24,25). The Kier molecular flexibility index (Phi) is 5.09. The van der Waals surface area contributed by atoms with E-state index in [2.05, 4.69) is 20.3 Å². The van der Waals surface area contributed by atoms with E-state index in [1.165, 1.54) is 18.8 Å². The van der Waals surface area contributed by atoms with Crippen molar-refractivity contribution in [3.63, 3.8) is 0 Å². The molecule has 4 aromatic rings. The zero-order valence-electron chi connectivity index (χ0n) is 16.9. The first kappa shape index (κ1) is 19.4. The summed E-state index contributed by atoms with van der Waals surface area (Å²) in [5.41, 5.74) is 1.89. The molecule has 30 heavy (non-hydrogen) atoms. The molecule has 4 rings (SSSR count). The van der Waals surface area contributed by atoms with Gasteiger partial charge in [-0.2, -0.15) is 0 Å². The van der Waals surface area contributed by atoms with Crippen LogP contribution in [0.5, 0.6) is 11.5 Å². The van der Waals surface area contributed by atoms with E-state index in [9.17, 15) is 9.59 Å². The number of rotatable bonds is 6. The number of nitrogens with zero attached hydrogens (tertiary/aromatic N) is 3. The van der Waals surface area contributed by atoms with Crippen molar-refractivity contribution >= 4 is 27.8 Å². The highest BCUT2D eigenvalue weighted by atomic mass is 16.5. The maximum Gasteiger partial charge on any atom is 0.262 e. The van der Waals surface area contributed by atoms with Crippen LogP contribution in [0.1, 0.15) is 11.6 Å². The molecular formula is C21H21N5O4. The van der Waals surface area contributed by atoms with Gasteiger partial charge in [0.2, 0.25) is 5.91 Å². The fourth-order valence-corrected chi connectivity index (χ4v) is 3.32. The Morgan fingerprint density at radius 1 is 1.10 bits per heavy atom. The number of hydrogen-bond donors (Lipinski definition) is 2. The molecule has 0 aliphatic carbocycles. The van der Waals surface area contributed by atoms with Crippen molar-refractivity contribution in [3.05, 3.63) is 58.4 Å². The van der Waals surface area contributed by atoms with E-state index in [1.807, 2.05) is 24.3 Å².